The maximum Gasteiger partial charge on any atom is 0.0372 e. The van der Waals surface area contributed by atoms with Crippen LogP contribution in [0.2, 0.25) is 0 Å². The van der Waals surface area contributed by atoms with Crippen LogP contribution in [0.25, 0.3) is 0 Å². The third-order valence-electron chi connectivity index (χ3n) is 1.78. The van der Waals surface area contributed by atoms with Gasteiger partial charge in [-0.3, -0.25) is 4.99 Å². The Morgan fingerprint density at radius 3 is 2.64 bits per heavy atom. The van der Waals surface area contributed by atoms with Crippen molar-refractivity contribution in [3.8, 4) is 0 Å². The quantitative estimate of drug-likeness (QED) is 0.433. The first-order valence-corrected chi connectivity index (χ1v) is 4.02. The molecule has 0 aliphatic carbocycles. The third kappa shape index (κ3) is 3.76. The van der Waals surface area contributed by atoms with Gasteiger partial charge in [0, 0.05) is 12.8 Å². The molecule has 1 atom stereocenters. The lowest BCUT2D eigenvalue weighted by atomic mass is 10.0. The summed E-state index contributed by atoms with van der Waals surface area (Å²) in [5.74, 6) is 0.552. The van der Waals surface area contributed by atoms with E-state index < -0.39 is 0 Å². The van der Waals surface area contributed by atoms with Crippen molar-refractivity contribution in [1.29, 1.82) is 0 Å². The minimum Gasteiger partial charge on any atom is -0.293 e. The number of hydrogen-bond donors (Lipinski definition) is 0. The average Bonchev–Trinajstić information content (AvgIpc) is 2.05. The normalized spacial score (nSPS) is 15.4. The van der Waals surface area contributed by atoms with Gasteiger partial charge in [-0.2, -0.15) is 0 Å². The molecule has 0 saturated carbocycles. The highest BCUT2D eigenvalue weighted by Gasteiger charge is 2.02. The molecular weight excluding hydrogens is 134 g/mol. The lowest BCUT2D eigenvalue weighted by Gasteiger charge is -2.06. The second kappa shape index (κ2) is 5.90. The minimum absolute atomic E-state index is 0.552. The number of rotatable bonds is 4. The Kier molecular flexibility index (Phi) is 5.44. The van der Waals surface area contributed by atoms with E-state index in [1.807, 2.05) is 19.2 Å². The molecule has 0 aromatic carbocycles. The van der Waals surface area contributed by atoms with Crippen molar-refractivity contribution in [1.82, 2.24) is 0 Å². The molecule has 0 aromatic heterocycles. The van der Waals surface area contributed by atoms with Crippen LogP contribution < -0.4 is 0 Å². The maximum absolute atomic E-state index is 4.18. The van der Waals surface area contributed by atoms with Crippen molar-refractivity contribution < 1.29 is 0 Å². The van der Waals surface area contributed by atoms with Gasteiger partial charge in [-0.1, -0.05) is 32.6 Å². The van der Waals surface area contributed by atoms with Crippen LogP contribution in [-0.4, -0.2) is 12.8 Å². The predicted octanol–water partition coefficient (Wildman–Crippen LogP) is 2.85. The topological polar surface area (TPSA) is 12.4 Å². The largest absolute Gasteiger partial charge is 0.293 e. The van der Waals surface area contributed by atoms with Gasteiger partial charge in [0.05, 0.1) is 0 Å². The van der Waals surface area contributed by atoms with Gasteiger partial charge in [-0.15, -0.1) is 0 Å². The van der Waals surface area contributed by atoms with Gasteiger partial charge < -0.3 is 0 Å². The Hall–Kier alpha value is -0.850. The Bertz CT molecular complexity index is 166. The van der Waals surface area contributed by atoms with Crippen LogP contribution in [0, 0.1) is 5.92 Å². The Labute approximate surface area is 69.5 Å². The molecule has 1 unspecified atom stereocenters. The number of allylic oxidation sites excluding steroid dienone is 3. The summed E-state index contributed by atoms with van der Waals surface area (Å²) in [5.41, 5.74) is 1.15. The smallest absolute Gasteiger partial charge is 0.0372 e. The molecule has 62 valence electrons. The molecule has 1 nitrogen and oxygen atoms in total. The lowest BCUT2D eigenvalue weighted by molar-refractivity contribution is 0.741. The van der Waals surface area contributed by atoms with E-state index in [1.165, 1.54) is 0 Å². The van der Waals surface area contributed by atoms with Crippen LogP contribution in [0.1, 0.15) is 20.3 Å². The van der Waals surface area contributed by atoms with E-state index in [1.54, 1.807) is 6.08 Å². The molecule has 0 fully saturated rings. The number of nitrogens with zero attached hydrogens (tertiary/aromatic N) is 1. The zero-order valence-corrected chi connectivity index (χ0v) is 7.67. The average molecular weight is 151 g/mol. The Balaban J connectivity index is 4.18. The molecule has 0 aliphatic heterocycles. The highest BCUT2D eigenvalue weighted by Crippen LogP contribution is 2.04. The van der Waals surface area contributed by atoms with Crippen LogP contribution in [0.4, 0.5) is 0 Å². The monoisotopic (exact) mass is 151 g/mol. The van der Waals surface area contributed by atoms with Crippen molar-refractivity contribution in [2.24, 2.45) is 10.9 Å². The molecule has 0 amide bonds. The van der Waals surface area contributed by atoms with Crippen molar-refractivity contribution in [2.45, 2.75) is 20.3 Å². The standard InChI is InChI=1S/C10H17N/c1-5-7-8-10(11-4)9(3)6-2/h5,7-9H,1,6H2,2-4H3/b8-7-,11-10?. The van der Waals surface area contributed by atoms with E-state index in [-0.39, 0.29) is 0 Å². The van der Waals surface area contributed by atoms with Crippen LogP contribution in [0.3, 0.4) is 0 Å². The van der Waals surface area contributed by atoms with Crippen molar-refractivity contribution in [3.05, 3.63) is 24.8 Å². The molecular formula is C10H17N. The van der Waals surface area contributed by atoms with E-state index in [9.17, 15) is 0 Å². The van der Waals surface area contributed by atoms with E-state index >= 15 is 0 Å². The van der Waals surface area contributed by atoms with Gasteiger partial charge in [0.15, 0.2) is 0 Å². The van der Waals surface area contributed by atoms with Crippen LogP contribution >= 0.6 is 0 Å². The summed E-state index contributed by atoms with van der Waals surface area (Å²) in [6.07, 6.45) is 6.84. The molecule has 0 aromatic rings. The molecule has 0 aliphatic rings. The van der Waals surface area contributed by atoms with Gasteiger partial charge in [0.2, 0.25) is 0 Å². The molecule has 0 saturated heterocycles. The highest BCUT2D eigenvalue weighted by atomic mass is 14.7. The fourth-order valence-electron chi connectivity index (χ4n) is 0.835. The van der Waals surface area contributed by atoms with E-state index in [0.29, 0.717) is 5.92 Å². The summed E-state index contributed by atoms with van der Waals surface area (Å²) in [7, 11) is 1.83. The van der Waals surface area contributed by atoms with Crippen LogP contribution in [0.5, 0.6) is 0 Å². The highest BCUT2D eigenvalue weighted by molar-refractivity contribution is 5.96. The van der Waals surface area contributed by atoms with Gasteiger partial charge in [-0.25, -0.2) is 0 Å². The molecule has 11 heavy (non-hydrogen) atoms. The van der Waals surface area contributed by atoms with E-state index in [2.05, 4.69) is 25.4 Å². The van der Waals surface area contributed by atoms with Crippen molar-refractivity contribution >= 4 is 5.71 Å². The SMILES string of the molecule is C=C/C=C\C(=NC)C(C)CC. The Morgan fingerprint density at radius 1 is 1.64 bits per heavy atom. The van der Waals surface area contributed by atoms with Crippen molar-refractivity contribution in [2.75, 3.05) is 7.05 Å². The molecule has 0 radical (unpaired) electrons. The second-order valence-corrected chi connectivity index (χ2v) is 2.55. The molecule has 0 heterocycles. The molecule has 1 heteroatoms. The van der Waals surface area contributed by atoms with E-state index in [4.69, 9.17) is 0 Å². The zero-order chi connectivity index (χ0) is 8.69. The molecule has 0 rings (SSSR count). The summed E-state index contributed by atoms with van der Waals surface area (Å²) in [5, 5.41) is 0. The molecule has 0 spiro atoms. The second-order valence-electron chi connectivity index (χ2n) is 2.55. The number of hydrogen-bond acceptors (Lipinski definition) is 1. The summed E-state index contributed by atoms with van der Waals surface area (Å²) < 4.78 is 0. The van der Waals surface area contributed by atoms with Crippen LogP contribution in [-0.2, 0) is 0 Å². The summed E-state index contributed by atoms with van der Waals surface area (Å²) >= 11 is 0. The van der Waals surface area contributed by atoms with Gasteiger partial charge in [-0.05, 0) is 18.4 Å². The fraction of sp³-hybridized carbons (Fsp3) is 0.500. The predicted molar refractivity (Wildman–Crippen MR) is 52.2 cm³/mol. The first-order valence-electron chi connectivity index (χ1n) is 4.02. The van der Waals surface area contributed by atoms with Crippen LogP contribution in [0.15, 0.2) is 29.8 Å². The van der Waals surface area contributed by atoms with Gasteiger partial charge >= 0.3 is 0 Å². The number of aliphatic imine (C=N–C) groups is 1. The Morgan fingerprint density at radius 2 is 2.27 bits per heavy atom. The minimum atomic E-state index is 0.552. The zero-order valence-electron chi connectivity index (χ0n) is 7.67. The lowest BCUT2D eigenvalue weighted by Crippen LogP contribution is -2.06. The third-order valence-corrected chi connectivity index (χ3v) is 1.78. The summed E-state index contributed by atoms with van der Waals surface area (Å²) in [6.45, 7) is 7.95. The summed E-state index contributed by atoms with van der Waals surface area (Å²) in [4.78, 5) is 4.18. The van der Waals surface area contributed by atoms with Gasteiger partial charge in [0.1, 0.15) is 0 Å². The maximum atomic E-state index is 4.18. The molecule has 0 bridgehead atoms. The van der Waals surface area contributed by atoms with Crippen molar-refractivity contribution in [3.63, 3.8) is 0 Å². The summed E-state index contributed by atoms with van der Waals surface area (Å²) in [6, 6.07) is 0. The molecule has 0 N–H and O–H groups in total. The first kappa shape index (κ1) is 10.2. The van der Waals surface area contributed by atoms with Gasteiger partial charge in [0.25, 0.3) is 0 Å². The first-order chi connectivity index (χ1) is 5.26. The van der Waals surface area contributed by atoms with E-state index in [0.717, 1.165) is 12.1 Å². The fourth-order valence-corrected chi connectivity index (χ4v) is 0.835.